The molecule has 0 aromatic heterocycles. The van der Waals surface area contributed by atoms with Crippen LogP contribution >= 0.6 is 0 Å². The zero-order valence-electron chi connectivity index (χ0n) is 9.30. The van der Waals surface area contributed by atoms with Gasteiger partial charge in [0.05, 0.1) is 0 Å². The number of hydrogen-bond donors (Lipinski definition) is 1. The molecule has 1 amide bonds. The Morgan fingerprint density at radius 2 is 2.00 bits per heavy atom. The Labute approximate surface area is 85.6 Å². The maximum Gasteiger partial charge on any atom is 0.216 e. The van der Waals surface area contributed by atoms with E-state index in [1.165, 1.54) is 0 Å². The van der Waals surface area contributed by atoms with Gasteiger partial charge < -0.3 is 15.0 Å². The third kappa shape index (κ3) is 2.69. The predicted molar refractivity (Wildman–Crippen MR) is 55.2 cm³/mol. The van der Waals surface area contributed by atoms with Gasteiger partial charge in [0.15, 0.2) is 0 Å². The number of amides is 1. The quantitative estimate of drug-likeness (QED) is 0.709. The highest BCUT2D eigenvalue weighted by molar-refractivity contribution is 5.72. The summed E-state index contributed by atoms with van der Waals surface area (Å²) in [6, 6.07) is 0. The standard InChI is InChI=1S/C10H20N2O2/c1-9(13)11-8-10(12(2)3)4-6-14-7-5-10/h4-8H2,1-3H3,(H,11,13). The van der Waals surface area contributed by atoms with Crippen LogP contribution < -0.4 is 5.32 Å². The van der Waals surface area contributed by atoms with Crippen LogP contribution in [0.3, 0.4) is 0 Å². The van der Waals surface area contributed by atoms with E-state index in [9.17, 15) is 4.79 Å². The van der Waals surface area contributed by atoms with Gasteiger partial charge in [0.1, 0.15) is 0 Å². The molecule has 0 spiro atoms. The van der Waals surface area contributed by atoms with Gasteiger partial charge in [-0.05, 0) is 26.9 Å². The van der Waals surface area contributed by atoms with Crippen LogP contribution in [-0.4, -0.2) is 50.2 Å². The van der Waals surface area contributed by atoms with Gasteiger partial charge in [0, 0.05) is 32.2 Å². The first-order valence-corrected chi connectivity index (χ1v) is 5.06. The van der Waals surface area contributed by atoms with Crippen LogP contribution in [0.2, 0.25) is 0 Å². The minimum Gasteiger partial charge on any atom is -0.381 e. The average molecular weight is 200 g/mol. The van der Waals surface area contributed by atoms with Gasteiger partial charge in [-0.2, -0.15) is 0 Å². The number of nitrogens with zero attached hydrogens (tertiary/aromatic N) is 1. The summed E-state index contributed by atoms with van der Waals surface area (Å²) >= 11 is 0. The van der Waals surface area contributed by atoms with Crippen molar-refractivity contribution in [1.29, 1.82) is 0 Å². The molecule has 0 unspecified atom stereocenters. The van der Waals surface area contributed by atoms with E-state index in [4.69, 9.17) is 4.74 Å². The molecular formula is C10H20N2O2. The minimum atomic E-state index is 0.0396. The first-order valence-electron chi connectivity index (χ1n) is 5.06. The molecule has 14 heavy (non-hydrogen) atoms. The zero-order valence-corrected chi connectivity index (χ0v) is 9.30. The van der Waals surface area contributed by atoms with Crippen LogP contribution in [0.4, 0.5) is 0 Å². The van der Waals surface area contributed by atoms with Crippen molar-refractivity contribution in [2.75, 3.05) is 33.9 Å². The van der Waals surface area contributed by atoms with Gasteiger partial charge in [0.2, 0.25) is 5.91 Å². The molecular weight excluding hydrogens is 180 g/mol. The SMILES string of the molecule is CC(=O)NCC1(N(C)C)CCOCC1. The summed E-state index contributed by atoms with van der Waals surface area (Å²) < 4.78 is 5.34. The Kier molecular flexibility index (Phi) is 3.89. The van der Waals surface area contributed by atoms with E-state index in [0.29, 0.717) is 0 Å². The van der Waals surface area contributed by atoms with Crippen molar-refractivity contribution in [2.45, 2.75) is 25.3 Å². The summed E-state index contributed by atoms with van der Waals surface area (Å²) in [6.45, 7) is 3.86. The average Bonchev–Trinajstić information content (AvgIpc) is 2.16. The third-order valence-corrected chi connectivity index (χ3v) is 3.04. The lowest BCUT2D eigenvalue weighted by atomic mass is 9.88. The fourth-order valence-electron chi connectivity index (χ4n) is 1.82. The summed E-state index contributed by atoms with van der Waals surface area (Å²) in [5.41, 5.74) is 0.0872. The smallest absolute Gasteiger partial charge is 0.216 e. The van der Waals surface area contributed by atoms with E-state index >= 15 is 0 Å². The van der Waals surface area contributed by atoms with Gasteiger partial charge in [-0.3, -0.25) is 4.79 Å². The van der Waals surface area contributed by atoms with E-state index in [0.717, 1.165) is 32.6 Å². The highest BCUT2D eigenvalue weighted by atomic mass is 16.5. The number of ether oxygens (including phenoxy) is 1. The number of likely N-dealkylation sites (N-methyl/N-ethyl adjacent to an activating group) is 1. The second-order valence-electron chi connectivity index (χ2n) is 4.14. The molecule has 0 atom stereocenters. The summed E-state index contributed by atoms with van der Waals surface area (Å²) in [5, 5.41) is 2.90. The first kappa shape index (κ1) is 11.5. The number of rotatable bonds is 3. The second-order valence-corrected chi connectivity index (χ2v) is 4.14. The fraction of sp³-hybridized carbons (Fsp3) is 0.900. The molecule has 0 aromatic carbocycles. The maximum atomic E-state index is 10.9. The van der Waals surface area contributed by atoms with Crippen LogP contribution in [0.15, 0.2) is 0 Å². The largest absolute Gasteiger partial charge is 0.381 e. The molecule has 1 fully saturated rings. The summed E-state index contributed by atoms with van der Waals surface area (Å²) in [4.78, 5) is 13.1. The molecule has 1 heterocycles. The molecule has 0 bridgehead atoms. The number of nitrogens with one attached hydrogen (secondary N) is 1. The Morgan fingerprint density at radius 3 is 2.43 bits per heavy atom. The van der Waals surface area contributed by atoms with Crippen LogP contribution in [0.1, 0.15) is 19.8 Å². The predicted octanol–water partition coefficient (Wildman–Crippen LogP) is 0.233. The molecule has 82 valence electrons. The maximum absolute atomic E-state index is 10.9. The van der Waals surface area contributed by atoms with Crippen molar-refractivity contribution in [2.24, 2.45) is 0 Å². The lowest BCUT2D eigenvalue weighted by Gasteiger charge is -2.42. The van der Waals surface area contributed by atoms with E-state index in [-0.39, 0.29) is 11.4 Å². The molecule has 1 aliphatic rings. The zero-order chi connectivity index (χ0) is 10.6. The van der Waals surface area contributed by atoms with E-state index in [1.54, 1.807) is 6.92 Å². The topological polar surface area (TPSA) is 41.6 Å². The molecule has 1 rings (SSSR count). The van der Waals surface area contributed by atoms with Crippen molar-refractivity contribution in [1.82, 2.24) is 10.2 Å². The minimum absolute atomic E-state index is 0.0396. The molecule has 1 aliphatic heterocycles. The van der Waals surface area contributed by atoms with Crippen molar-refractivity contribution >= 4 is 5.91 Å². The lowest BCUT2D eigenvalue weighted by Crippen LogP contribution is -2.55. The molecule has 4 nitrogen and oxygen atoms in total. The molecule has 0 radical (unpaired) electrons. The van der Waals surface area contributed by atoms with Gasteiger partial charge in [-0.1, -0.05) is 0 Å². The number of carbonyl (C=O) groups excluding carboxylic acids is 1. The summed E-state index contributed by atoms with van der Waals surface area (Å²) in [7, 11) is 4.13. The first-order chi connectivity index (χ1) is 6.57. The van der Waals surface area contributed by atoms with Gasteiger partial charge in [-0.15, -0.1) is 0 Å². The van der Waals surface area contributed by atoms with E-state index < -0.39 is 0 Å². The molecule has 1 saturated heterocycles. The molecule has 0 aliphatic carbocycles. The number of hydrogen-bond acceptors (Lipinski definition) is 3. The van der Waals surface area contributed by atoms with Crippen LogP contribution in [0.5, 0.6) is 0 Å². The molecule has 4 heteroatoms. The Hall–Kier alpha value is -0.610. The Morgan fingerprint density at radius 1 is 1.43 bits per heavy atom. The van der Waals surface area contributed by atoms with Gasteiger partial charge >= 0.3 is 0 Å². The monoisotopic (exact) mass is 200 g/mol. The van der Waals surface area contributed by atoms with Crippen molar-refractivity contribution in [3.05, 3.63) is 0 Å². The van der Waals surface area contributed by atoms with Crippen LogP contribution in [-0.2, 0) is 9.53 Å². The van der Waals surface area contributed by atoms with Crippen molar-refractivity contribution in [3.63, 3.8) is 0 Å². The van der Waals surface area contributed by atoms with E-state index in [2.05, 4.69) is 24.3 Å². The van der Waals surface area contributed by atoms with Gasteiger partial charge in [-0.25, -0.2) is 0 Å². The number of carbonyl (C=O) groups is 1. The Balaban J connectivity index is 2.56. The summed E-state index contributed by atoms with van der Waals surface area (Å²) in [6.07, 6.45) is 1.97. The van der Waals surface area contributed by atoms with Crippen molar-refractivity contribution in [3.8, 4) is 0 Å². The molecule has 1 N–H and O–H groups in total. The summed E-state index contributed by atoms with van der Waals surface area (Å²) in [5.74, 6) is 0.0396. The van der Waals surface area contributed by atoms with Crippen LogP contribution in [0.25, 0.3) is 0 Å². The lowest BCUT2D eigenvalue weighted by molar-refractivity contribution is -0.120. The second kappa shape index (κ2) is 4.75. The van der Waals surface area contributed by atoms with Crippen molar-refractivity contribution < 1.29 is 9.53 Å². The normalized spacial score (nSPS) is 20.9. The molecule has 0 aromatic rings. The van der Waals surface area contributed by atoms with E-state index in [1.807, 2.05) is 0 Å². The highest BCUT2D eigenvalue weighted by Gasteiger charge is 2.34. The third-order valence-electron chi connectivity index (χ3n) is 3.04. The molecule has 0 saturated carbocycles. The highest BCUT2D eigenvalue weighted by Crippen LogP contribution is 2.24. The van der Waals surface area contributed by atoms with Gasteiger partial charge in [0.25, 0.3) is 0 Å². The Bertz CT molecular complexity index is 198. The fourth-order valence-corrected chi connectivity index (χ4v) is 1.82. The van der Waals surface area contributed by atoms with Crippen LogP contribution in [0, 0.1) is 0 Å².